The van der Waals surface area contributed by atoms with Gasteiger partial charge in [-0.2, -0.15) is 13.2 Å². The van der Waals surface area contributed by atoms with Gasteiger partial charge in [-0.1, -0.05) is 54.1 Å². The summed E-state index contributed by atoms with van der Waals surface area (Å²) in [6.45, 7) is 13.2. The lowest BCUT2D eigenvalue weighted by molar-refractivity contribution is -0.0435. The van der Waals surface area contributed by atoms with Gasteiger partial charge in [-0.05, 0) is 123 Å². The van der Waals surface area contributed by atoms with Gasteiger partial charge in [0, 0.05) is 136 Å². The predicted molar refractivity (Wildman–Crippen MR) is 315 cm³/mol. The highest BCUT2D eigenvalue weighted by molar-refractivity contribution is 7.99. The van der Waals surface area contributed by atoms with E-state index in [2.05, 4.69) is 63.6 Å². The molecule has 1 atom stereocenters. The number of carbonyl (C=O) groups is 1. The minimum Gasteiger partial charge on any atom is -0.380 e. The van der Waals surface area contributed by atoms with E-state index in [1.807, 2.05) is 80.7 Å². The van der Waals surface area contributed by atoms with Crippen molar-refractivity contribution in [3.05, 3.63) is 138 Å². The lowest BCUT2D eigenvalue weighted by atomic mass is 9.95. The van der Waals surface area contributed by atoms with E-state index in [0.717, 1.165) is 95.6 Å². The molecule has 0 bridgehead atoms. The highest BCUT2D eigenvalue weighted by Gasteiger charge is 2.48. The number of carbonyl (C=O) groups excluding carboxylic acids is 1. The van der Waals surface area contributed by atoms with E-state index in [4.69, 9.17) is 16.3 Å². The number of aromatic nitrogens is 1. The number of piperazine rings is 2. The van der Waals surface area contributed by atoms with Gasteiger partial charge in [0.2, 0.25) is 0 Å². The van der Waals surface area contributed by atoms with Gasteiger partial charge in [0.15, 0.2) is 0 Å². The highest BCUT2D eigenvalue weighted by Crippen LogP contribution is 2.41. The highest BCUT2D eigenvalue weighted by atomic mass is 35.5. The summed E-state index contributed by atoms with van der Waals surface area (Å²) in [6.07, 6.45) is 1.31. The molecular weight excluding hydrogens is 1110 g/mol. The van der Waals surface area contributed by atoms with Crippen LogP contribution in [0.2, 0.25) is 5.02 Å². The Hall–Kier alpha value is -5.78. The van der Waals surface area contributed by atoms with Crippen molar-refractivity contribution in [1.29, 1.82) is 0 Å². The van der Waals surface area contributed by atoms with Crippen LogP contribution in [-0.2, 0) is 31.6 Å². The number of amides is 1. The Morgan fingerprint density at radius 2 is 1.39 bits per heavy atom. The van der Waals surface area contributed by atoms with E-state index in [9.17, 15) is 34.8 Å². The lowest BCUT2D eigenvalue weighted by Crippen LogP contribution is -2.46. The minimum absolute atomic E-state index is 0.120. The Morgan fingerprint density at radius 1 is 0.725 bits per heavy atom. The molecule has 3 saturated heterocycles. The Bertz CT molecular complexity index is 3300. The number of alkyl halides is 3. The first-order valence-corrected chi connectivity index (χ1v) is 31.2. The number of rotatable bonds is 21. The van der Waals surface area contributed by atoms with E-state index in [0.29, 0.717) is 94.4 Å². The number of likely N-dealkylation sites (N-methyl/N-ethyl adjacent to an activating group) is 1. The lowest BCUT2D eigenvalue weighted by Gasteiger charge is -2.37. The first-order valence-electron chi connectivity index (χ1n) is 26.9. The topological polar surface area (TPSA) is 152 Å². The van der Waals surface area contributed by atoms with Crippen LogP contribution in [0.1, 0.15) is 28.9 Å². The number of anilines is 4. The van der Waals surface area contributed by atoms with Crippen LogP contribution in [0.25, 0.3) is 22.4 Å². The second kappa shape index (κ2) is 26.0. The molecule has 22 heteroatoms. The monoisotopic (exact) mass is 1180 g/mol. The molecular formula is C58H69ClF3N9O6S3. The summed E-state index contributed by atoms with van der Waals surface area (Å²) in [5, 5.41) is 6.91. The maximum absolute atomic E-state index is 14.3. The van der Waals surface area contributed by atoms with E-state index >= 15 is 0 Å². The van der Waals surface area contributed by atoms with E-state index in [1.165, 1.54) is 11.8 Å². The fraction of sp³-hybridized carbons (Fsp3) is 0.397. The third-order valence-corrected chi connectivity index (χ3v) is 19.5. The van der Waals surface area contributed by atoms with Gasteiger partial charge in [0.1, 0.15) is 4.90 Å². The number of thioether (sulfide) groups is 1. The number of hydrogen-bond acceptors (Lipinski definition) is 13. The number of morpholine rings is 1. The zero-order valence-electron chi connectivity index (χ0n) is 45.2. The molecule has 3 aliphatic rings. The Labute approximate surface area is 477 Å². The van der Waals surface area contributed by atoms with Crippen molar-refractivity contribution in [2.45, 2.75) is 46.0 Å². The van der Waals surface area contributed by atoms with Gasteiger partial charge in [-0.25, -0.2) is 16.8 Å². The minimum atomic E-state index is -6.01. The second-order valence-electron chi connectivity index (χ2n) is 20.5. The van der Waals surface area contributed by atoms with Crippen molar-refractivity contribution in [2.24, 2.45) is 7.05 Å². The molecule has 0 aliphatic carbocycles. The van der Waals surface area contributed by atoms with Gasteiger partial charge in [-0.3, -0.25) is 14.4 Å². The smallest absolute Gasteiger partial charge is 0.380 e. The number of sulfonamides is 1. The molecule has 3 fully saturated rings. The first kappa shape index (κ1) is 58.9. The molecule has 9 rings (SSSR count). The van der Waals surface area contributed by atoms with Crippen molar-refractivity contribution in [1.82, 2.24) is 24.6 Å². The van der Waals surface area contributed by atoms with Crippen molar-refractivity contribution in [3.8, 4) is 22.4 Å². The first-order chi connectivity index (χ1) is 38.3. The van der Waals surface area contributed by atoms with Crippen molar-refractivity contribution in [3.63, 3.8) is 0 Å². The second-order valence-corrected chi connectivity index (χ2v) is 25.6. The fourth-order valence-corrected chi connectivity index (χ4v) is 13.7. The number of hydrogen-bond donors (Lipinski definition) is 3. The van der Waals surface area contributed by atoms with Crippen LogP contribution in [0.3, 0.4) is 0 Å². The van der Waals surface area contributed by atoms with E-state index in [1.54, 1.807) is 24.3 Å². The predicted octanol–water partition coefficient (Wildman–Crippen LogP) is 9.40. The third-order valence-electron chi connectivity index (χ3n) is 15.1. The molecule has 80 heavy (non-hydrogen) atoms. The molecule has 0 radical (unpaired) electrons. The zero-order chi connectivity index (χ0) is 56.6. The molecule has 6 aromatic rings. The molecule has 1 unspecified atom stereocenters. The summed E-state index contributed by atoms with van der Waals surface area (Å²) in [7, 11) is -6.47. The Morgan fingerprint density at radius 3 is 2.06 bits per heavy atom. The number of halogens is 4. The van der Waals surface area contributed by atoms with Crippen LogP contribution < -0.4 is 25.2 Å². The largest absolute Gasteiger partial charge is 0.501 e. The van der Waals surface area contributed by atoms with Crippen LogP contribution in [0.4, 0.5) is 35.9 Å². The number of nitrogens with zero attached hydrogens (tertiary/aromatic N) is 6. The van der Waals surface area contributed by atoms with E-state index < -0.39 is 41.2 Å². The molecule has 5 aromatic carbocycles. The van der Waals surface area contributed by atoms with Gasteiger partial charge in [-0.15, -0.1) is 11.8 Å². The molecule has 0 spiro atoms. The van der Waals surface area contributed by atoms with Gasteiger partial charge in [0.05, 0.1) is 35.1 Å². The molecule has 428 valence electrons. The molecule has 3 aliphatic heterocycles. The van der Waals surface area contributed by atoms with Gasteiger partial charge < -0.3 is 39.5 Å². The summed E-state index contributed by atoms with van der Waals surface area (Å²) in [4.78, 5) is 24.8. The normalized spacial score (nSPS) is 16.6. The Balaban J connectivity index is 0.874. The van der Waals surface area contributed by atoms with E-state index in [-0.39, 0.29) is 17.3 Å². The van der Waals surface area contributed by atoms with Gasteiger partial charge >= 0.3 is 5.51 Å². The number of ether oxygens (including phenoxy) is 1. The van der Waals surface area contributed by atoms with Crippen LogP contribution in [0, 0.1) is 6.92 Å². The molecule has 4 heterocycles. The average molecular weight is 1180 g/mol. The number of benzene rings is 5. The van der Waals surface area contributed by atoms with Gasteiger partial charge in [0.25, 0.3) is 25.8 Å². The SMILES string of the molecule is Cc1c(C(=O)NCCCN2CCN(C)CC2)c(-c2cccc(N3CCN(c4ccc(NS(=O)(=O)c5ccc(NC(CCN6CCOCC6)CSc6ccccc6)c(S(=O)(=O)C(F)(F)F)c5)cc4)CC3)c2)c(-c2ccc(Cl)cc2)n1C. The molecule has 0 saturated carbocycles. The third kappa shape index (κ3) is 14.3. The van der Waals surface area contributed by atoms with Crippen LogP contribution in [-0.4, -0.2) is 165 Å². The summed E-state index contributed by atoms with van der Waals surface area (Å²) in [5.74, 6) is 0.273. The fourth-order valence-electron chi connectivity index (χ4n) is 10.4. The average Bonchev–Trinajstić information content (AvgIpc) is 3.81. The summed E-state index contributed by atoms with van der Waals surface area (Å²) in [5.41, 5.74) is 0.983. The van der Waals surface area contributed by atoms with Crippen LogP contribution in [0.5, 0.6) is 0 Å². The standard InChI is InChI=1S/C58H69ClF3N9O6S3/c1-42-54(57(72)63-24-8-25-68-29-27-66(2)28-30-68)55(56(67(42)3)43-13-15-45(59)16-14-43)44-9-7-10-49(39-44)71-33-31-70(32-34-71)48-19-17-46(18-20-48)65-80(75,76)51-21-22-52(53(40-51)79(73,74)58(60,61)62)64-47(23-26-69-35-37-77-38-36-69)41-78-50-11-5-4-6-12-50/h4-7,9-22,39-40,47,64-65H,8,23-38,41H2,1-3H3,(H,63,72). The van der Waals surface area contributed by atoms with Crippen molar-refractivity contribution >= 4 is 71.9 Å². The summed E-state index contributed by atoms with van der Waals surface area (Å²) in [6, 6.07) is 34.3. The maximum atomic E-state index is 14.3. The van der Waals surface area contributed by atoms with Crippen molar-refractivity contribution in [2.75, 3.05) is 131 Å². The maximum Gasteiger partial charge on any atom is 0.501 e. The van der Waals surface area contributed by atoms with Crippen LogP contribution in [0.15, 0.2) is 136 Å². The Kier molecular flexibility index (Phi) is 19.1. The molecule has 1 aromatic heterocycles. The van der Waals surface area contributed by atoms with Crippen molar-refractivity contribution < 1.29 is 39.5 Å². The molecule has 1 amide bonds. The quantitative estimate of drug-likeness (QED) is 0.0464. The number of nitrogens with one attached hydrogen (secondary N) is 3. The molecule has 15 nitrogen and oxygen atoms in total. The van der Waals surface area contributed by atoms with Crippen LogP contribution >= 0.6 is 23.4 Å². The summed E-state index contributed by atoms with van der Waals surface area (Å²) >= 11 is 7.82. The molecule has 3 N–H and O–H groups in total. The summed E-state index contributed by atoms with van der Waals surface area (Å²) < 4.78 is 107. The number of sulfone groups is 1. The zero-order valence-corrected chi connectivity index (χ0v) is 48.4.